The molecule has 112 valence electrons. The largest absolute Gasteiger partial charge is 0.534 e. The van der Waals surface area contributed by atoms with Crippen LogP contribution in [0.15, 0.2) is 18.2 Å². The molecule has 0 amide bonds. The number of methoxy groups -OCH3 is 2. The van der Waals surface area contributed by atoms with Crippen LogP contribution in [0.25, 0.3) is 0 Å². The molecule has 0 spiro atoms. The molecule has 1 aliphatic rings. The van der Waals surface area contributed by atoms with Gasteiger partial charge in [0, 0.05) is 20.6 Å². The van der Waals surface area contributed by atoms with Crippen molar-refractivity contribution < 1.29 is 35.2 Å². The third-order valence-electron chi connectivity index (χ3n) is 3.06. The van der Waals surface area contributed by atoms with Crippen LogP contribution >= 0.6 is 0 Å². The summed E-state index contributed by atoms with van der Waals surface area (Å²) in [6, 6.07) is 4.14. The van der Waals surface area contributed by atoms with Crippen LogP contribution in [0.4, 0.5) is 13.2 Å². The summed E-state index contributed by atoms with van der Waals surface area (Å²) >= 11 is 0. The minimum Gasteiger partial charge on any atom is -0.376 e. The van der Waals surface area contributed by atoms with Crippen molar-refractivity contribution in [3.05, 3.63) is 29.3 Å². The fourth-order valence-corrected chi connectivity index (χ4v) is 2.53. The summed E-state index contributed by atoms with van der Waals surface area (Å²) in [7, 11) is -3.12. The van der Waals surface area contributed by atoms with E-state index in [1.807, 2.05) is 0 Å². The molecule has 1 aromatic carbocycles. The van der Waals surface area contributed by atoms with E-state index < -0.39 is 27.2 Å². The average Bonchev–Trinajstić information content (AvgIpc) is 2.30. The Hall–Kier alpha value is -1.32. The number of alkyl halides is 3. The van der Waals surface area contributed by atoms with Crippen molar-refractivity contribution >= 4 is 10.1 Å². The Morgan fingerprint density at radius 2 is 1.80 bits per heavy atom. The molecule has 0 aliphatic heterocycles. The highest BCUT2D eigenvalue weighted by molar-refractivity contribution is 7.88. The maximum absolute atomic E-state index is 12.4. The monoisotopic (exact) mass is 312 g/mol. The maximum Gasteiger partial charge on any atom is 0.534 e. The van der Waals surface area contributed by atoms with Crippen molar-refractivity contribution in [3.63, 3.8) is 0 Å². The summed E-state index contributed by atoms with van der Waals surface area (Å²) in [5.74, 6) is -1.73. The van der Waals surface area contributed by atoms with Gasteiger partial charge in [0.25, 0.3) is 0 Å². The van der Waals surface area contributed by atoms with E-state index in [-0.39, 0.29) is 5.56 Å². The van der Waals surface area contributed by atoms with Gasteiger partial charge >= 0.3 is 15.6 Å². The number of rotatable bonds is 4. The second-order valence-corrected chi connectivity index (χ2v) is 5.65. The van der Waals surface area contributed by atoms with E-state index in [0.29, 0.717) is 12.0 Å². The van der Waals surface area contributed by atoms with E-state index in [1.54, 1.807) is 6.07 Å². The van der Waals surface area contributed by atoms with Crippen LogP contribution in [0.5, 0.6) is 5.75 Å². The van der Waals surface area contributed by atoms with Crippen LogP contribution in [0, 0.1) is 0 Å². The molecule has 0 saturated heterocycles. The molecule has 0 fully saturated rings. The Labute approximate surface area is 113 Å². The molecule has 20 heavy (non-hydrogen) atoms. The predicted octanol–water partition coefficient (Wildman–Crippen LogP) is 1.92. The number of hydrogen-bond donors (Lipinski definition) is 0. The Morgan fingerprint density at radius 1 is 1.20 bits per heavy atom. The number of hydrogen-bond acceptors (Lipinski definition) is 5. The predicted molar refractivity (Wildman–Crippen MR) is 61.4 cm³/mol. The summed E-state index contributed by atoms with van der Waals surface area (Å²) < 4.78 is 73.6. The smallest absolute Gasteiger partial charge is 0.376 e. The van der Waals surface area contributed by atoms with E-state index in [2.05, 4.69) is 4.18 Å². The highest BCUT2D eigenvalue weighted by Crippen LogP contribution is 2.48. The maximum atomic E-state index is 12.4. The van der Waals surface area contributed by atoms with Gasteiger partial charge in [-0.2, -0.15) is 21.6 Å². The van der Waals surface area contributed by atoms with E-state index in [9.17, 15) is 21.6 Å². The molecular weight excluding hydrogens is 301 g/mol. The van der Waals surface area contributed by atoms with Crippen molar-refractivity contribution in [1.29, 1.82) is 0 Å². The van der Waals surface area contributed by atoms with Crippen LogP contribution in [0.2, 0.25) is 0 Å². The summed E-state index contributed by atoms with van der Waals surface area (Å²) in [5, 5.41) is 0. The Morgan fingerprint density at radius 3 is 2.30 bits per heavy atom. The van der Waals surface area contributed by atoms with Gasteiger partial charge in [-0.3, -0.25) is 0 Å². The normalized spacial score (nSPS) is 17.2. The lowest BCUT2D eigenvalue weighted by molar-refractivity contribution is -0.231. The second kappa shape index (κ2) is 4.61. The molecule has 2 rings (SSSR count). The van der Waals surface area contributed by atoms with Gasteiger partial charge in [-0.25, -0.2) is 0 Å². The Bertz CT molecular complexity index is 619. The molecule has 0 bridgehead atoms. The molecule has 0 N–H and O–H groups in total. The van der Waals surface area contributed by atoms with Gasteiger partial charge in [-0.1, -0.05) is 12.1 Å². The molecule has 1 aromatic rings. The molecule has 5 nitrogen and oxygen atoms in total. The molecule has 0 heterocycles. The van der Waals surface area contributed by atoms with Gasteiger partial charge in [-0.15, -0.1) is 0 Å². The summed E-state index contributed by atoms with van der Waals surface area (Å²) in [4.78, 5) is 0. The number of fused-ring (bicyclic) bond motifs is 1. The first-order valence-corrected chi connectivity index (χ1v) is 6.81. The van der Waals surface area contributed by atoms with Gasteiger partial charge in [0.2, 0.25) is 5.79 Å². The van der Waals surface area contributed by atoms with Gasteiger partial charge in [0.15, 0.2) is 5.75 Å². The minimum atomic E-state index is -5.73. The number of benzene rings is 1. The Kier molecular flexibility index (Phi) is 3.47. The van der Waals surface area contributed by atoms with Gasteiger partial charge in [-0.05, 0) is 11.6 Å². The average molecular weight is 312 g/mol. The molecular formula is C11H11F3O5S. The Balaban J connectivity index is 2.45. The van der Waals surface area contributed by atoms with Crippen molar-refractivity contribution in [2.75, 3.05) is 14.2 Å². The van der Waals surface area contributed by atoms with Crippen molar-refractivity contribution in [2.45, 2.75) is 17.7 Å². The standard InChI is InChI=1S/C11H11F3O5S/c1-17-10(18-2)6-7-4-3-5-8(9(7)10)19-20(15,16)11(12,13)14/h3-5H,6H2,1-2H3. The SMILES string of the molecule is COC1(OC)Cc2cccc(OS(=O)(=O)C(F)(F)F)c21. The third kappa shape index (κ3) is 2.15. The topological polar surface area (TPSA) is 61.8 Å². The lowest BCUT2D eigenvalue weighted by Gasteiger charge is -2.41. The zero-order valence-corrected chi connectivity index (χ0v) is 11.3. The second-order valence-electron chi connectivity index (χ2n) is 4.11. The lowest BCUT2D eigenvalue weighted by atomic mass is 9.81. The molecule has 0 saturated carbocycles. The number of ether oxygens (including phenoxy) is 2. The summed E-state index contributed by atoms with van der Waals surface area (Å²) in [6.07, 6.45) is 0.290. The van der Waals surface area contributed by atoms with E-state index in [0.717, 1.165) is 6.07 Å². The van der Waals surface area contributed by atoms with Crippen LogP contribution in [0.1, 0.15) is 11.1 Å². The van der Waals surface area contributed by atoms with E-state index >= 15 is 0 Å². The summed E-state index contributed by atoms with van der Waals surface area (Å²) in [6.45, 7) is 0. The number of halogens is 3. The van der Waals surface area contributed by atoms with Crippen LogP contribution in [-0.2, 0) is 31.8 Å². The van der Waals surface area contributed by atoms with Gasteiger partial charge in [0.1, 0.15) is 0 Å². The quantitative estimate of drug-likeness (QED) is 0.483. The van der Waals surface area contributed by atoms with Crippen molar-refractivity contribution in [2.24, 2.45) is 0 Å². The third-order valence-corrected chi connectivity index (χ3v) is 4.02. The molecule has 9 heteroatoms. The first-order chi connectivity index (χ1) is 9.17. The molecule has 0 radical (unpaired) electrons. The van der Waals surface area contributed by atoms with Crippen molar-refractivity contribution in [1.82, 2.24) is 0 Å². The summed E-state index contributed by atoms with van der Waals surface area (Å²) in [5.41, 5.74) is -4.75. The fourth-order valence-electron chi connectivity index (χ4n) is 2.06. The van der Waals surface area contributed by atoms with Crippen LogP contribution < -0.4 is 4.18 Å². The van der Waals surface area contributed by atoms with Gasteiger partial charge in [0.05, 0.1) is 5.56 Å². The first-order valence-electron chi connectivity index (χ1n) is 5.40. The minimum absolute atomic E-state index is 0.151. The molecule has 0 unspecified atom stereocenters. The molecule has 1 aliphatic carbocycles. The highest BCUT2D eigenvalue weighted by Gasteiger charge is 2.51. The first kappa shape index (κ1) is 15.1. The van der Waals surface area contributed by atoms with E-state index in [1.165, 1.54) is 20.3 Å². The van der Waals surface area contributed by atoms with Crippen LogP contribution in [-0.4, -0.2) is 28.1 Å². The molecule has 0 aromatic heterocycles. The van der Waals surface area contributed by atoms with Crippen molar-refractivity contribution in [3.8, 4) is 5.75 Å². The van der Waals surface area contributed by atoms with Gasteiger partial charge < -0.3 is 13.7 Å². The fraction of sp³-hybridized carbons (Fsp3) is 0.455. The lowest BCUT2D eigenvalue weighted by Crippen LogP contribution is -2.43. The zero-order chi connectivity index (χ0) is 15.2. The molecule has 0 atom stereocenters. The highest BCUT2D eigenvalue weighted by atomic mass is 32.2. The zero-order valence-electron chi connectivity index (χ0n) is 10.5. The van der Waals surface area contributed by atoms with Crippen LogP contribution in [0.3, 0.4) is 0 Å². The van der Waals surface area contributed by atoms with E-state index in [4.69, 9.17) is 9.47 Å².